The largest absolute Gasteiger partial charge is 0.372 e. The van der Waals surface area contributed by atoms with E-state index in [0.717, 1.165) is 11.1 Å². The van der Waals surface area contributed by atoms with Crippen molar-refractivity contribution in [1.82, 2.24) is 14.3 Å². The molecule has 0 N–H and O–H groups in total. The van der Waals surface area contributed by atoms with Gasteiger partial charge in [0.15, 0.2) is 0 Å². The van der Waals surface area contributed by atoms with Gasteiger partial charge in [0.05, 0.1) is 29.2 Å². The molecule has 2 unspecified atom stereocenters. The van der Waals surface area contributed by atoms with Crippen LogP contribution in [0.25, 0.3) is 11.7 Å². The maximum absolute atomic E-state index is 13.7. The van der Waals surface area contributed by atoms with E-state index in [4.69, 9.17) is 33.5 Å². The lowest BCUT2D eigenvalue weighted by atomic mass is 10.1. The van der Waals surface area contributed by atoms with Gasteiger partial charge in [-0.25, -0.2) is 4.98 Å². The van der Waals surface area contributed by atoms with E-state index in [1.54, 1.807) is 18.3 Å². The highest BCUT2D eigenvalue weighted by Crippen LogP contribution is 2.35. The number of thiocarbonyl (C=S) groups is 1. The molecule has 0 saturated carbocycles. The monoisotopic (exact) mass is 540 g/mol. The Morgan fingerprint density at radius 3 is 2.61 bits per heavy atom. The van der Waals surface area contributed by atoms with Crippen molar-refractivity contribution in [3.05, 3.63) is 79.6 Å². The topological polar surface area (TPSA) is 67.2 Å². The average Bonchev–Trinajstić information content (AvgIpc) is 3.09. The van der Waals surface area contributed by atoms with E-state index < -0.39 is 0 Å². The van der Waals surface area contributed by atoms with Gasteiger partial charge in [-0.3, -0.25) is 18.9 Å². The second kappa shape index (κ2) is 9.97. The van der Waals surface area contributed by atoms with Crippen molar-refractivity contribution in [2.24, 2.45) is 0 Å². The third kappa shape index (κ3) is 4.80. The molecule has 10 heteroatoms. The highest BCUT2D eigenvalue weighted by atomic mass is 35.5. The first-order chi connectivity index (χ1) is 17.2. The quantitative estimate of drug-likeness (QED) is 0.352. The molecule has 0 spiro atoms. The van der Waals surface area contributed by atoms with E-state index in [2.05, 4.69) is 4.90 Å². The average molecular weight is 541 g/mol. The first kappa shape index (κ1) is 25.0. The molecule has 0 bridgehead atoms. The van der Waals surface area contributed by atoms with Crippen LogP contribution in [0.5, 0.6) is 0 Å². The number of hydrogen-bond acceptors (Lipinski definition) is 7. The van der Waals surface area contributed by atoms with Crippen molar-refractivity contribution in [2.45, 2.75) is 39.5 Å². The van der Waals surface area contributed by atoms with Crippen LogP contribution in [0, 0.1) is 6.92 Å². The fourth-order valence-electron chi connectivity index (χ4n) is 4.53. The molecule has 2 aliphatic heterocycles. The van der Waals surface area contributed by atoms with Gasteiger partial charge in [0.1, 0.15) is 15.8 Å². The van der Waals surface area contributed by atoms with Gasteiger partial charge >= 0.3 is 0 Å². The molecule has 3 aromatic rings. The van der Waals surface area contributed by atoms with E-state index >= 15 is 0 Å². The van der Waals surface area contributed by atoms with E-state index in [0.29, 0.717) is 44.4 Å². The molecular formula is C26H25ClN4O3S2. The Bertz CT molecular complexity index is 1460. The summed E-state index contributed by atoms with van der Waals surface area (Å²) in [5, 5.41) is 0.570. The number of carbonyl (C=O) groups excluding carboxylic acids is 1. The number of hydrogen-bond donors (Lipinski definition) is 0. The Morgan fingerprint density at radius 2 is 1.89 bits per heavy atom. The summed E-state index contributed by atoms with van der Waals surface area (Å²) in [5.74, 6) is 0.288. The number of benzene rings is 1. The molecule has 36 heavy (non-hydrogen) atoms. The van der Waals surface area contributed by atoms with Gasteiger partial charge in [0, 0.05) is 24.3 Å². The van der Waals surface area contributed by atoms with E-state index in [-0.39, 0.29) is 30.2 Å². The standard InChI is InChI=1S/C26H25ClN4O3S2/c1-15-8-9-22-28-23(29-12-16(2)34-17(3)13-29)19(24(32)30(22)11-15)10-21-25(33)31(26(35)36-21)14-18-6-4-5-7-20(18)27/h4-11,16-17H,12-14H2,1-3H3. The van der Waals surface area contributed by atoms with E-state index in [9.17, 15) is 9.59 Å². The van der Waals surface area contributed by atoms with Gasteiger partial charge in [-0.2, -0.15) is 0 Å². The van der Waals surface area contributed by atoms with Crippen LogP contribution in [-0.2, 0) is 16.1 Å². The maximum Gasteiger partial charge on any atom is 0.267 e. The summed E-state index contributed by atoms with van der Waals surface area (Å²) < 4.78 is 7.85. The number of morpholine rings is 1. The molecule has 5 rings (SSSR count). The molecule has 0 radical (unpaired) electrons. The van der Waals surface area contributed by atoms with Crippen LogP contribution in [0.15, 0.2) is 52.3 Å². The molecule has 2 aromatic heterocycles. The Balaban J connectivity index is 1.59. The van der Waals surface area contributed by atoms with Crippen molar-refractivity contribution in [2.75, 3.05) is 18.0 Å². The molecule has 7 nitrogen and oxygen atoms in total. The normalized spacial score (nSPS) is 21.7. The fourth-order valence-corrected chi connectivity index (χ4v) is 5.96. The van der Waals surface area contributed by atoms with Gasteiger partial charge in [-0.1, -0.05) is 59.8 Å². The van der Waals surface area contributed by atoms with Crippen molar-refractivity contribution < 1.29 is 9.53 Å². The Kier molecular flexibility index (Phi) is 6.91. The SMILES string of the molecule is Cc1ccc2nc(N3CC(C)OC(C)C3)c(C=C3SC(=S)N(Cc4ccccc4Cl)C3=O)c(=O)n2c1. The number of nitrogens with zero attached hydrogens (tertiary/aromatic N) is 4. The van der Waals surface area contributed by atoms with Gasteiger partial charge in [0.2, 0.25) is 0 Å². The summed E-state index contributed by atoms with van der Waals surface area (Å²) in [6, 6.07) is 11.1. The van der Waals surface area contributed by atoms with Gasteiger partial charge in [-0.05, 0) is 50.1 Å². The lowest BCUT2D eigenvalue weighted by Gasteiger charge is -2.36. The minimum atomic E-state index is -0.256. The zero-order valence-electron chi connectivity index (χ0n) is 20.1. The van der Waals surface area contributed by atoms with Crippen LogP contribution < -0.4 is 10.5 Å². The highest BCUT2D eigenvalue weighted by molar-refractivity contribution is 8.26. The van der Waals surface area contributed by atoms with Crippen LogP contribution in [-0.4, -0.2) is 49.8 Å². The first-order valence-corrected chi connectivity index (χ1v) is 13.2. The number of anilines is 1. The number of amides is 1. The van der Waals surface area contributed by atoms with Crippen LogP contribution in [0.3, 0.4) is 0 Å². The summed E-state index contributed by atoms with van der Waals surface area (Å²) in [5.41, 5.74) is 2.41. The number of aromatic nitrogens is 2. The van der Waals surface area contributed by atoms with Gasteiger partial charge in [0.25, 0.3) is 11.5 Å². The van der Waals surface area contributed by atoms with Crippen LogP contribution in [0.2, 0.25) is 5.02 Å². The number of halogens is 1. The molecule has 186 valence electrons. The summed E-state index contributed by atoms with van der Waals surface area (Å²) in [4.78, 5) is 36.0. The first-order valence-electron chi connectivity index (χ1n) is 11.6. The van der Waals surface area contributed by atoms with Crippen LogP contribution in [0.1, 0.15) is 30.5 Å². The van der Waals surface area contributed by atoms with Gasteiger partial charge < -0.3 is 9.64 Å². The predicted octanol–water partition coefficient (Wildman–Crippen LogP) is 4.67. The minimum absolute atomic E-state index is 0.0197. The second-order valence-corrected chi connectivity index (χ2v) is 11.2. The summed E-state index contributed by atoms with van der Waals surface area (Å²) in [6.07, 6.45) is 3.36. The summed E-state index contributed by atoms with van der Waals surface area (Å²) in [7, 11) is 0. The molecule has 0 aliphatic carbocycles. The lowest BCUT2D eigenvalue weighted by molar-refractivity contribution is -0.122. The zero-order chi connectivity index (χ0) is 25.6. The number of pyridine rings is 1. The van der Waals surface area contributed by atoms with Gasteiger partial charge in [-0.15, -0.1) is 0 Å². The molecule has 1 aromatic carbocycles. The molecule has 2 fully saturated rings. The zero-order valence-corrected chi connectivity index (χ0v) is 22.5. The molecule has 1 amide bonds. The minimum Gasteiger partial charge on any atom is -0.372 e. The van der Waals surface area contributed by atoms with E-state index in [1.165, 1.54) is 21.1 Å². The third-order valence-electron chi connectivity index (χ3n) is 6.14. The number of carbonyl (C=O) groups is 1. The highest BCUT2D eigenvalue weighted by Gasteiger charge is 2.34. The number of fused-ring (bicyclic) bond motifs is 1. The summed E-state index contributed by atoms with van der Waals surface area (Å²) >= 11 is 13.0. The van der Waals surface area contributed by atoms with Crippen molar-refractivity contribution in [1.29, 1.82) is 0 Å². The molecule has 2 saturated heterocycles. The third-order valence-corrected chi connectivity index (χ3v) is 7.89. The summed E-state index contributed by atoms with van der Waals surface area (Å²) in [6.45, 7) is 7.37. The maximum atomic E-state index is 13.7. The van der Waals surface area contributed by atoms with Crippen LogP contribution in [0.4, 0.5) is 5.82 Å². The lowest BCUT2D eigenvalue weighted by Crippen LogP contribution is -2.46. The molecule has 2 aliphatic rings. The van der Waals surface area contributed by atoms with Crippen molar-refractivity contribution in [3.8, 4) is 0 Å². The van der Waals surface area contributed by atoms with Crippen molar-refractivity contribution >= 4 is 63.3 Å². The predicted molar refractivity (Wildman–Crippen MR) is 149 cm³/mol. The Labute approximate surface area is 223 Å². The smallest absolute Gasteiger partial charge is 0.267 e. The van der Waals surface area contributed by atoms with Crippen LogP contribution >= 0.6 is 35.6 Å². The Hall–Kier alpha value is -2.72. The molecular weight excluding hydrogens is 516 g/mol. The second-order valence-electron chi connectivity index (χ2n) is 9.11. The number of thioether (sulfide) groups is 1. The molecule has 2 atom stereocenters. The Morgan fingerprint density at radius 1 is 1.17 bits per heavy atom. The molecule has 4 heterocycles. The number of ether oxygens (including phenoxy) is 1. The fraction of sp³-hybridized carbons (Fsp3) is 0.308. The van der Waals surface area contributed by atoms with Crippen molar-refractivity contribution in [3.63, 3.8) is 0 Å². The number of rotatable bonds is 4. The number of aryl methyl sites for hydroxylation is 1. The van der Waals surface area contributed by atoms with E-state index in [1.807, 2.05) is 51.1 Å².